The minimum absolute atomic E-state index is 0.107. The van der Waals surface area contributed by atoms with Crippen LogP contribution in [-0.2, 0) is 4.79 Å². The van der Waals surface area contributed by atoms with Crippen molar-refractivity contribution in [2.75, 3.05) is 25.7 Å². The summed E-state index contributed by atoms with van der Waals surface area (Å²) >= 11 is 6.21. The lowest BCUT2D eigenvalue weighted by molar-refractivity contribution is -0.117. The zero-order valence-corrected chi connectivity index (χ0v) is 23.0. The van der Waals surface area contributed by atoms with Gasteiger partial charge < -0.3 is 28.7 Å². The number of H-pyrrole nitrogens is 1. The quantitative estimate of drug-likeness (QED) is 0.211. The summed E-state index contributed by atoms with van der Waals surface area (Å²) in [7, 11) is 2.97. The first-order chi connectivity index (χ1) is 19.8. The van der Waals surface area contributed by atoms with Crippen LogP contribution in [0.2, 0.25) is 5.02 Å². The molecule has 2 N–H and O–H groups in total. The fourth-order valence-corrected chi connectivity index (χ4v) is 5.25. The highest BCUT2D eigenvalue weighted by Crippen LogP contribution is 2.44. The molecule has 208 valence electrons. The third-order valence-electron chi connectivity index (χ3n) is 6.85. The van der Waals surface area contributed by atoms with E-state index in [0.29, 0.717) is 56.4 Å². The van der Waals surface area contributed by atoms with Gasteiger partial charge in [-0.25, -0.2) is 4.98 Å². The molecule has 0 spiro atoms. The summed E-state index contributed by atoms with van der Waals surface area (Å²) in [5.41, 5.74) is 1.89. The van der Waals surface area contributed by atoms with Crippen LogP contribution < -0.4 is 19.1 Å². The number of carbonyl (C=O) groups is 2. The lowest BCUT2D eigenvalue weighted by Gasteiger charge is -2.25. The Labute approximate surface area is 238 Å². The molecule has 0 aliphatic carbocycles. The number of furan rings is 1. The molecule has 0 fully saturated rings. The van der Waals surface area contributed by atoms with Gasteiger partial charge in [-0.1, -0.05) is 29.8 Å². The third-order valence-corrected chi connectivity index (χ3v) is 7.07. The number of Topliss-reactive ketones (excluding diaryl/α,β-unsaturated/α-hetero) is 1. The molecule has 1 aliphatic rings. The molecule has 0 saturated carbocycles. The predicted molar refractivity (Wildman–Crippen MR) is 152 cm³/mol. The first-order valence-corrected chi connectivity index (χ1v) is 13.1. The number of hydrogen-bond donors (Lipinski definition) is 2. The molecular formula is C30H24ClN3O7. The maximum atomic E-state index is 14.1. The minimum atomic E-state index is -1.08. The van der Waals surface area contributed by atoms with Gasteiger partial charge in [-0.2, -0.15) is 0 Å². The Morgan fingerprint density at radius 2 is 1.85 bits per heavy atom. The zero-order valence-electron chi connectivity index (χ0n) is 22.2. The summed E-state index contributed by atoms with van der Waals surface area (Å²) in [6, 6.07) is 15.9. The average Bonchev–Trinajstić information content (AvgIpc) is 3.66. The molecule has 1 unspecified atom stereocenters. The minimum Gasteiger partial charge on any atom is -0.503 e. The highest BCUT2D eigenvalue weighted by atomic mass is 35.5. The van der Waals surface area contributed by atoms with Crippen molar-refractivity contribution in [3.05, 3.63) is 88.3 Å². The van der Waals surface area contributed by atoms with Crippen LogP contribution in [0.25, 0.3) is 22.0 Å². The van der Waals surface area contributed by atoms with Crippen molar-refractivity contribution in [1.82, 2.24) is 9.97 Å². The van der Waals surface area contributed by atoms with Gasteiger partial charge in [0.05, 0.1) is 43.5 Å². The Kier molecular flexibility index (Phi) is 6.55. The summed E-state index contributed by atoms with van der Waals surface area (Å²) in [5.74, 6) is -0.954. The first kappa shape index (κ1) is 26.3. The smallest absolute Gasteiger partial charge is 0.296 e. The number of imidazole rings is 1. The molecule has 3 heterocycles. The number of ether oxygens (including phenoxy) is 3. The molecule has 1 aliphatic heterocycles. The second-order valence-corrected chi connectivity index (χ2v) is 9.66. The number of aromatic amines is 1. The van der Waals surface area contributed by atoms with Crippen molar-refractivity contribution in [2.24, 2.45) is 0 Å². The first-order valence-electron chi connectivity index (χ1n) is 12.7. The van der Waals surface area contributed by atoms with Crippen molar-refractivity contribution >= 4 is 51.2 Å². The number of hydrogen-bond acceptors (Lipinski definition) is 8. The summed E-state index contributed by atoms with van der Waals surface area (Å²) in [6.07, 6.45) is 0. The number of halogens is 1. The number of aromatic nitrogens is 2. The lowest BCUT2D eigenvalue weighted by atomic mass is 9.94. The highest BCUT2D eigenvalue weighted by Gasteiger charge is 2.47. The fourth-order valence-electron chi connectivity index (χ4n) is 5.04. The van der Waals surface area contributed by atoms with Crippen LogP contribution in [0, 0.1) is 0 Å². The van der Waals surface area contributed by atoms with Crippen LogP contribution in [-0.4, -0.2) is 47.6 Å². The molecule has 3 aromatic carbocycles. The van der Waals surface area contributed by atoms with Gasteiger partial charge in [0.25, 0.3) is 5.91 Å². The normalized spacial score (nSPS) is 15.3. The fraction of sp³-hybridized carbons (Fsp3) is 0.167. The number of aliphatic hydroxyl groups is 1. The molecule has 11 heteroatoms. The maximum absolute atomic E-state index is 14.1. The van der Waals surface area contributed by atoms with Gasteiger partial charge in [-0.05, 0) is 48.9 Å². The van der Waals surface area contributed by atoms with E-state index in [-0.39, 0.29) is 17.3 Å². The summed E-state index contributed by atoms with van der Waals surface area (Å²) < 4.78 is 22.5. The van der Waals surface area contributed by atoms with Crippen LogP contribution in [0.15, 0.2) is 76.4 Å². The van der Waals surface area contributed by atoms with Gasteiger partial charge in [0.15, 0.2) is 34.4 Å². The molecule has 0 bridgehead atoms. The Morgan fingerprint density at radius 3 is 2.59 bits per heavy atom. The number of nitrogens with zero attached hydrogens (tertiary/aromatic N) is 2. The topological polar surface area (TPSA) is 127 Å². The number of carbonyl (C=O) groups excluding carboxylic acids is 2. The number of benzene rings is 3. The summed E-state index contributed by atoms with van der Waals surface area (Å²) in [6.45, 7) is 2.18. The van der Waals surface area contributed by atoms with Crippen LogP contribution in [0.1, 0.15) is 29.1 Å². The van der Waals surface area contributed by atoms with Crippen LogP contribution in [0.5, 0.6) is 17.2 Å². The Morgan fingerprint density at radius 1 is 1.07 bits per heavy atom. The van der Waals surface area contributed by atoms with Gasteiger partial charge in [-0.15, -0.1) is 0 Å². The van der Waals surface area contributed by atoms with Crippen molar-refractivity contribution in [3.8, 4) is 17.2 Å². The van der Waals surface area contributed by atoms with Gasteiger partial charge >= 0.3 is 0 Å². The molecule has 1 atom stereocenters. The van der Waals surface area contributed by atoms with Crippen LogP contribution in [0.4, 0.5) is 5.95 Å². The Bertz CT molecular complexity index is 1840. The zero-order chi connectivity index (χ0) is 28.8. The van der Waals surface area contributed by atoms with Crippen LogP contribution in [0.3, 0.4) is 0 Å². The van der Waals surface area contributed by atoms with Crippen molar-refractivity contribution in [3.63, 3.8) is 0 Å². The van der Waals surface area contributed by atoms with Crippen molar-refractivity contribution in [1.29, 1.82) is 0 Å². The van der Waals surface area contributed by atoms with Crippen molar-refractivity contribution < 1.29 is 33.3 Å². The number of ketones is 1. The monoisotopic (exact) mass is 573 g/mol. The summed E-state index contributed by atoms with van der Waals surface area (Å²) in [4.78, 5) is 36.7. The van der Waals surface area contributed by atoms with E-state index in [9.17, 15) is 14.7 Å². The SMILES string of the molecule is CCOc1cc(C2C(C(=O)c3cc4cc(Cl)cc(OC)c4o3)=C(O)C(=O)N2c2nc3ccccc3[nH]2)ccc1OC. The molecule has 10 nitrogen and oxygen atoms in total. The molecule has 1 amide bonds. The number of amides is 1. The summed E-state index contributed by atoms with van der Waals surface area (Å²) in [5, 5.41) is 12.1. The predicted octanol–water partition coefficient (Wildman–Crippen LogP) is 6.16. The van der Waals surface area contributed by atoms with E-state index < -0.39 is 23.5 Å². The Hall–Kier alpha value is -4.96. The molecular weight excluding hydrogens is 550 g/mol. The maximum Gasteiger partial charge on any atom is 0.296 e. The molecule has 41 heavy (non-hydrogen) atoms. The molecule has 0 saturated heterocycles. The van der Waals surface area contributed by atoms with E-state index in [1.807, 2.05) is 25.1 Å². The van der Waals surface area contributed by atoms with Gasteiger partial charge in [0, 0.05) is 16.5 Å². The van der Waals surface area contributed by atoms with E-state index in [2.05, 4.69) is 9.97 Å². The van der Waals surface area contributed by atoms with E-state index in [1.165, 1.54) is 25.2 Å². The second kappa shape index (κ2) is 10.2. The number of para-hydroxylation sites is 2. The highest BCUT2D eigenvalue weighted by molar-refractivity contribution is 6.31. The van der Waals surface area contributed by atoms with Crippen LogP contribution >= 0.6 is 11.6 Å². The number of anilines is 1. The molecule has 6 rings (SSSR count). The van der Waals surface area contributed by atoms with Gasteiger partial charge in [0.1, 0.15) is 0 Å². The second-order valence-electron chi connectivity index (χ2n) is 9.23. The molecule has 5 aromatic rings. The van der Waals surface area contributed by atoms with Crippen molar-refractivity contribution in [2.45, 2.75) is 13.0 Å². The van der Waals surface area contributed by atoms with E-state index in [1.54, 1.807) is 36.4 Å². The Balaban J connectivity index is 1.53. The number of rotatable bonds is 8. The largest absolute Gasteiger partial charge is 0.503 e. The standard InChI is InChI=1S/C30H24ClN3O7/c1-4-40-21-12-15(9-10-20(21)38-2)25-24(26(35)22-13-16-11-17(31)14-23(39-3)28(16)41-22)27(36)29(37)34(25)30-32-18-7-5-6-8-19(18)33-30/h5-14,25,36H,4H2,1-3H3,(H,32,33). The van der Waals surface area contributed by atoms with E-state index >= 15 is 0 Å². The third kappa shape index (κ3) is 4.33. The van der Waals surface area contributed by atoms with E-state index in [4.69, 9.17) is 30.2 Å². The number of nitrogens with one attached hydrogen (secondary N) is 1. The van der Waals surface area contributed by atoms with Gasteiger partial charge in [0.2, 0.25) is 11.7 Å². The average molecular weight is 574 g/mol. The van der Waals surface area contributed by atoms with E-state index in [0.717, 1.165) is 0 Å². The number of fused-ring (bicyclic) bond motifs is 2. The molecule has 0 radical (unpaired) electrons. The van der Waals surface area contributed by atoms with Gasteiger partial charge in [-0.3, -0.25) is 14.5 Å². The number of aliphatic hydroxyl groups excluding tert-OH is 1. The lowest BCUT2D eigenvalue weighted by Crippen LogP contribution is -2.32. The number of methoxy groups -OCH3 is 2. The molecule has 2 aromatic heterocycles.